The molecule has 2 aromatic heterocycles. The van der Waals surface area contributed by atoms with Gasteiger partial charge in [-0.2, -0.15) is 0 Å². The number of rotatable bonds is 4. The molecule has 8 heteroatoms. The number of hydrogen-bond acceptors (Lipinski definition) is 6. The van der Waals surface area contributed by atoms with E-state index in [1.54, 1.807) is 34.5 Å². The van der Waals surface area contributed by atoms with Crippen LogP contribution in [0.1, 0.15) is 27.8 Å². The van der Waals surface area contributed by atoms with Crippen molar-refractivity contribution in [1.82, 2.24) is 9.88 Å². The van der Waals surface area contributed by atoms with Gasteiger partial charge in [0.15, 0.2) is 0 Å². The number of aromatic nitrogens is 1. The summed E-state index contributed by atoms with van der Waals surface area (Å²) in [6, 6.07) is 6.84. The van der Waals surface area contributed by atoms with Crippen molar-refractivity contribution < 1.29 is 14.3 Å². The van der Waals surface area contributed by atoms with E-state index < -0.39 is 5.91 Å². The zero-order valence-electron chi connectivity index (χ0n) is 13.2. The van der Waals surface area contributed by atoms with E-state index >= 15 is 0 Å². The fraction of sp³-hybridized carbons (Fsp3) is 0.312. The van der Waals surface area contributed by atoms with Crippen molar-refractivity contribution in [2.45, 2.75) is 13.0 Å². The number of thiophene rings is 1. The van der Waals surface area contributed by atoms with Crippen LogP contribution in [-0.2, 0) is 4.74 Å². The second-order valence-corrected chi connectivity index (χ2v) is 6.40. The standard InChI is InChI=1S/C16H18N4O3S/c1-10-9-23-7-6-20(10)16(22)12-3-2-4-13(18-12)19-15-11(14(17)21)5-8-24-15/h2-5,8,10H,6-7,9H2,1H3,(H2,17,21)(H,18,19)/t10-/m1/s1. The van der Waals surface area contributed by atoms with Crippen LogP contribution < -0.4 is 11.1 Å². The molecule has 24 heavy (non-hydrogen) atoms. The van der Waals surface area contributed by atoms with E-state index in [-0.39, 0.29) is 11.9 Å². The van der Waals surface area contributed by atoms with E-state index in [9.17, 15) is 9.59 Å². The van der Waals surface area contributed by atoms with Crippen LogP contribution in [-0.4, -0.2) is 47.5 Å². The van der Waals surface area contributed by atoms with Crippen molar-refractivity contribution in [3.63, 3.8) is 0 Å². The molecule has 0 saturated carbocycles. The number of nitrogens with one attached hydrogen (secondary N) is 1. The fourth-order valence-corrected chi connectivity index (χ4v) is 3.32. The van der Waals surface area contributed by atoms with Gasteiger partial charge in [-0.25, -0.2) is 4.98 Å². The van der Waals surface area contributed by atoms with Crippen molar-refractivity contribution in [1.29, 1.82) is 0 Å². The first-order valence-corrected chi connectivity index (χ1v) is 8.44. The second-order valence-electron chi connectivity index (χ2n) is 5.48. The normalized spacial score (nSPS) is 17.5. The predicted molar refractivity (Wildman–Crippen MR) is 91.7 cm³/mol. The third kappa shape index (κ3) is 3.39. The van der Waals surface area contributed by atoms with Gasteiger partial charge in [0.1, 0.15) is 16.5 Å². The SMILES string of the molecule is C[C@@H]1COCCN1C(=O)c1cccc(Nc2sccc2C(N)=O)n1. The van der Waals surface area contributed by atoms with Gasteiger partial charge >= 0.3 is 0 Å². The number of anilines is 2. The Morgan fingerprint density at radius 1 is 1.42 bits per heavy atom. The number of hydrogen-bond donors (Lipinski definition) is 2. The summed E-state index contributed by atoms with van der Waals surface area (Å²) in [5.41, 5.74) is 6.09. The van der Waals surface area contributed by atoms with Crippen LogP contribution in [0.3, 0.4) is 0 Å². The van der Waals surface area contributed by atoms with Crippen LogP contribution in [0.5, 0.6) is 0 Å². The summed E-state index contributed by atoms with van der Waals surface area (Å²) in [5, 5.41) is 5.44. The average Bonchev–Trinajstić information content (AvgIpc) is 3.03. The molecule has 1 aliphatic heterocycles. The highest BCUT2D eigenvalue weighted by molar-refractivity contribution is 7.14. The minimum Gasteiger partial charge on any atom is -0.377 e. The third-order valence-corrected chi connectivity index (χ3v) is 4.60. The monoisotopic (exact) mass is 346 g/mol. The molecule has 0 aromatic carbocycles. The molecule has 1 aliphatic rings. The Morgan fingerprint density at radius 3 is 3.00 bits per heavy atom. The Bertz CT molecular complexity index is 761. The maximum atomic E-state index is 12.6. The number of morpholine rings is 1. The van der Waals surface area contributed by atoms with Crippen molar-refractivity contribution in [2.75, 3.05) is 25.1 Å². The van der Waals surface area contributed by atoms with Crippen LogP contribution in [0.4, 0.5) is 10.8 Å². The lowest BCUT2D eigenvalue weighted by Gasteiger charge is -2.33. The number of carbonyl (C=O) groups excluding carboxylic acids is 2. The lowest BCUT2D eigenvalue weighted by atomic mass is 10.2. The Morgan fingerprint density at radius 2 is 2.25 bits per heavy atom. The minimum absolute atomic E-state index is 0.0171. The number of nitrogens with two attached hydrogens (primary N) is 1. The number of pyridine rings is 1. The van der Waals surface area contributed by atoms with Crippen molar-refractivity contribution in [3.05, 3.63) is 40.9 Å². The molecule has 2 amide bonds. The highest BCUT2D eigenvalue weighted by Gasteiger charge is 2.25. The maximum Gasteiger partial charge on any atom is 0.272 e. The second kappa shape index (κ2) is 6.98. The fourth-order valence-electron chi connectivity index (χ4n) is 2.52. The molecule has 3 rings (SSSR count). The van der Waals surface area contributed by atoms with Gasteiger partial charge in [-0.1, -0.05) is 6.07 Å². The first-order chi connectivity index (χ1) is 11.6. The van der Waals surface area contributed by atoms with Gasteiger partial charge in [0, 0.05) is 6.54 Å². The summed E-state index contributed by atoms with van der Waals surface area (Å²) < 4.78 is 5.36. The van der Waals surface area contributed by atoms with Gasteiger partial charge in [-0.05, 0) is 30.5 Å². The van der Waals surface area contributed by atoms with Crippen LogP contribution in [0.2, 0.25) is 0 Å². The number of carbonyl (C=O) groups is 2. The molecular weight excluding hydrogens is 328 g/mol. The van der Waals surface area contributed by atoms with Gasteiger partial charge in [0.05, 0.1) is 24.8 Å². The zero-order valence-corrected chi connectivity index (χ0v) is 14.0. The molecule has 7 nitrogen and oxygen atoms in total. The smallest absolute Gasteiger partial charge is 0.272 e. The van der Waals surface area contributed by atoms with E-state index in [1.165, 1.54) is 11.3 Å². The molecule has 2 aromatic rings. The van der Waals surface area contributed by atoms with Gasteiger partial charge in [0.25, 0.3) is 11.8 Å². The highest BCUT2D eigenvalue weighted by atomic mass is 32.1. The van der Waals surface area contributed by atoms with E-state index in [1.807, 2.05) is 6.92 Å². The van der Waals surface area contributed by atoms with E-state index in [0.29, 0.717) is 41.8 Å². The molecule has 1 atom stereocenters. The largest absolute Gasteiger partial charge is 0.377 e. The lowest BCUT2D eigenvalue weighted by Crippen LogP contribution is -2.47. The van der Waals surface area contributed by atoms with Crippen molar-refractivity contribution >= 4 is 34.0 Å². The van der Waals surface area contributed by atoms with Crippen LogP contribution >= 0.6 is 11.3 Å². The summed E-state index contributed by atoms with van der Waals surface area (Å²) in [6.45, 7) is 3.56. The van der Waals surface area contributed by atoms with Crippen molar-refractivity contribution in [3.8, 4) is 0 Å². The summed E-state index contributed by atoms with van der Waals surface area (Å²) >= 11 is 1.35. The molecule has 1 fully saturated rings. The third-order valence-electron chi connectivity index (χ3n) is 3.77. The highest BCUT2D eigenvalue weighted by Crippen LogP contribution is 2.26. The summed E-state index contributed by atoms with van der Waals surface area (Å²) in [7, 11) is 0. The Hall–Kier alpha value is -2.45. The van der Waals surface area contributed by atoms with E-state index in [4.69, 9.17) is 10.5 Å². The van der Waals surface area contributed by atoms with E-state index in [2.05, 4.69) is 10.3 Å². The summed E-state index contributed by atoms with van der Waals surface area (Å²) in [5.74, 6) is -0.143. The quantitative estimate of drug-likeness (QED) is 0.880. The summed E-state index contributed by atoms with van der Waals surface area (Å²) in [4.78, 5) is 30.2. The van der Waals surface area contributed by atoms with Crippen LogP contribution in [0.15, 0.2) is 29.6 Å². The Labute approximate surface area is 143 Å². The number of nitrogens with zero attached hydrogens (tertiary/aromatic N) is 2. The summed E-state index contributed by atoms with van der Waals surface area (Å²) in [6.07, 6.45) is 0. The first kappa shape index (κ1) is 16.4. The average molecular weight is 346 g/mol. The molecule has 0 radical (unpaired) electrons. The van der Waals surface area contributed by atoms with Gasteiger partial charge in [-0.3, -0.25) is 9.59 Å². The minimum atomic E-state index is -0.506. The van der Waals surface area contributed by atoms with E-state index in [0.717, 1.165) is 0 Å². The molecule has 0 spiro atoms. The molecule has 126 valence electrons. The molecule has 3 heterocycles. The van der Waals surface area contributed by atoms with Gasteiger partial charge < -0.3 is 20.7 Å². The van der Waals surface area contributed by atoms with Gasteiger partial charge in [0.2, 0.25) is 0 Å². The number of amides is 2. The molecule has 3 N–H and O–H groups in total. The lowest BCUT2D eigenvalue weighted by molar-refractivity contribution is 0.00328. The van der Waals surface area contributed by atoms with Gasteiger partial charge in [-0.15, -0.1) is 11.3 Å². The predicted octanol–water partition coefficient (Wildman–Crippen LogP) is 1.85. The van der Waals surface area contributed by atoms with Crippen LogP contribution in [0, 0.1) is 0 Å². The Balaban J connectivity index is 1.80. The molecular formula is C16H18N4O3S. The molecule has 0 unspecified atom stereocenters. The topological polar surface area (TPSA) is 97.5 Å². The number of primary amides is 1. The first-order valence-electron chi connectivity index (χ1n) is 7.56. The molecule has 0 aliphatic carbocycles. The van der Waals surface area contributed by atoms with Crippen molar-refractivity contribution in [2.24, 2.45) is 5.73 Å². The zero-order chi connectivity index (χ0) is 17.1. The molecule has 0 bridgehead atoms. The molecule has 1 saturated heterocycles. The Kier molecular flexibility index (Phi) is 4.77. The maximum absolute atomic E-state index is 12.6. The van der Waals surface area contributed by atoms with Crippen LogP contribution in [0.25, 0.3) is 0 Å². The number of ether oxygens (including phenoxy) is 1.